The van der Waals surface area contributed by atoms with Crippen LogP contribution in [0.2, 0.25) is 0 Å². The molecule has 1 aliphatic carbocycles. The first kappa shape index (κ1) is 11.2. The summed E-state index contributed by atoms with van der Waals surface area (Å²) < 4.78 is 11.1. The van der Waals surface area contributed by atoms with Crippen molar-refractivity contribution in [3.05, 3.63) is 11.7 Å². The smallest absolute Gasteiger partial charge is 0.243 e. The third kappa shape index (κ3) is 2.09. The number of hydrogen-bond donors (Lipinski definition) is 1. The molecule has 0 amide bonds. The Hall–Kier alpha value is -0.940. The highest BCUT2D eigenvalue weighted by Gasteiger charge is 2.38. The summed E-state index contributed by atoms with van der Waals surface area (Å²) in [7, 11) is 0. The zero-order valence-corrected chi connectivity index (χ0v) is 10.2. The molecule has 5 nitrogen and oxygen atoms in total. The standard InChI is InChI=1S/C12H19N3O2/c1-12(6-2-3-7-16-12)11-14-10(17-15-11)9(13)8-4-5-8/h8-9H,2-7,13H2,1H3. The Kier molecular flexibility index (Phi) is 2.67. The van der Waals surface area contributed by atoms with E-state index in [4.69, 9.17) is 15.0 Å². The average Bonchev–Trinajstić information content (AvgIpc) is 3.06. The van der Waals surface area contributed by atoms with Crippen LogP contribution < -0.4 is 5.73 Å². The molecule has 0 radical (unpaired) electrons. The molecule has 17 heavy (non-hydrogen) atoms. The number of aromatic nitrogens is 2. The van der Waals surface area contributed by atoms with E-state index in [1.165, 1.54) is 12.8 Å². The topological polar surface area (TPSA) is 74.2 Å². The van der Waals surface area contributed by atoms with E-state index in [1.807, 2.05) is 6.92 Å². The van der Waals surface area contributed by atoms with Crippen LogP contribution in [0.3, 0.4) is 0 Å². The molecule has 1 aliphatic heterocycles. The summed E-state index contributed by atoms with van der Waals surface area (Å²) in [5.41, 5.74) is 5.66. The summed E-state index contributed by atoms with van der Waals surface area (Å²) >= 11 is 0. The first-order chi connectivity index (χ1) is 8.19. The van der Waals surface area contributed by atoms with E-state index >= 15 is 0 Å². The Morgan fingerprint density at radius 2 is 2.24 bits per heavy atom. The number of ether oxygens (including phenoxy) is 1. The van der Waals surface area contributed by atoms with Gasteiger partial charge in [-0.05, 0) is 44.9 Å². The Morgan fingerprint density at radius 3 is 2.88 bits per heavy atom. The Labute approximate surface area is 101 Å². The lowest BCUT2D eigenvalue weighted by Crippen LogP contribution is -2.31. The SMILES string of the molecule is CC1(c2noc(C(N)C3CC3)n2)CCCCO1. The molecule has 2 unspecified atom stereocenters. The third-order valence-corrected chi connectivity index (χ3v) is 3.80. The van der Waals surface area contributed by atoms with Gasteiger partial charge in [0.05, 0.1) is 6.04 Å². The van der Waals surface area contributed by atoms with Crippen molar-refractivity contribution in [3.8, 4) is 0 Å². The van der Waals surface area contributed by atoms with Crippen molar-refractivity contribution < 1.29 is 9.26 Å². The molecule has 0 spiro atoms. The van der Waals surface area contributed by atoms with Crippen molar-refractivity contribution >= 4 is 0 Å². The normalized spacial score (nSPS) is 31.4. The minimum atomic E-state index is -0.386. The zero-order valence-electron chi connectivity index (χ0n) is 10.2. The molecule has 1 saturated heterocycles. The van der Waals surface area contributed by atoms with Gasteiger partial charge in [-0.3, -0.25) is 0 Å². The fraction of sp³-hybridized carbons (Fsp3) is 0.833. The summed E-state index contributed by atoms with van der Waals surface area (Å²) in [6, 6.07) is -0.0940. The highest BCUT2D eigenvalue weighted by atomic mass is 16.5. The van der Waals surface area contributed by atoms with Gasteiger partial charge in [0.2, 0.25) is 11.7 Å². The first-order valence-corrected chi connectivity index (χ1v) is 6.43. The highest BCUT2D eigenvalue weighted by molar-refractivity contribution is 5.04. The van der Waals surface area contributed by atoms with Gasteiger partial charge in [0.25, 0.3) is 0 Å². The monoisotopic (exact) mass is 237 g/mol. The van der Waals surface area contributed by atoms with E-state index < -0.39 is 0 Å². The third-order valence-electron chi connectivity index (χ3n) is 3.80. The van der Waals surface area contributed by atoms with Gasteiger partial charge in [-0.25, -0.2) is 0 Å². The molecular weight excluding hydrogens is 218 g/mol. The molecule has 2 atom stereocenters. The molecule has 2 fully saturated rings. The second-order valence-corrected chi connectivity index (χ2v) is 5.36. The summed E-state index contributed by atoms with van der Waals surface area (Å²) in [6.45, 7) is 2.80. The van der Waals surface area contributed by atoms with Gasteiger partial charge >= 0.3 is 0 Å². The van der Waals surface area contributed by atoms with Crippen LogP contribution in [-0.2, 0) is 10.3 Å². The second kappa shape index (κ2) is 4.07. The van der Waals surface area contributed by atoms with Crippen molar-refractivity contribution in [2.75, 3.05) is 6.61 Å². The van der Waals surface area contributed by atoms with Crippen molar-refractivity contribution in [1.82, 2.24) is 10.1 Å². The zero-order chi connectivity index (χ0) is 11.9. The number of nitrogens with zero attached hydrogens (tertiary/aromatic N) is 2. The van der Waals surface area contributed by atoms with E-state index in [-0.39, 0.29) is 11.6 Å². The van der Waals surface area contributed by atoms with Gasteiger partial charge in [-0.1, -0.05) is 5.16 Å². The van der Waals surface area contributed by atoms with E-state index in [0.717, 1.165) is 25.9 Å². The molecule has 94 valence electrons. The van der Waals surface area contributed by atoms with Gasteiger partial charge in [-0.2, -0.15) is 4.98 Å². The van der Waals surface area contributed by atoms with E-state index in [0.29, 0.717) is 17.6 Å². The van der Waals surface area contributed by atoms with Crippen molar-refractivity contribution in [1.29, 1.82) is 0 Å². The Morgan fingerprint density at radius 1 is 1.41 bits per heavy atom. The van der Waals surface area contributed by atoms with Crippen molar-refractivity contribution in [3.63, 3.8) is 0 Å². The molecule has 0 aromatic carbocycles. The van der Waals surface area contributed by atoms with Crippen LogP contribution in [0.5, 0.6) is 0 Å². The number of nitrogens with two attached hydrogens (primary N) is 1. The Balaban J connectivity index is 1.78. The van der Waals surface area contributed by atoms with Gasteiger partial charge in [-0.15, -0.1) is 0 Å². The summed E-state index contributed by atoms with van der Waals surface area (Å²) in [5.74, 6) is 1.75. The highest BCUT2D eigenvalue weighted by Crippen LogP contribution is 2.40. The molecule has 1 aromatic rings. The maximum Gasteiger partial charge on any atom is 0.243 e. The molecular formula is C12H19N3O2. The van der Waals surface area contributed by atoms with Crippen LogP contribution in [0.25, 0.3) is 0 Å². The maximum atomic E-state index is 6.05. The van der Waals surface area contributed by atoms with Crippen LogP contribution in [0.4, 0.5) is 0 Å². The van der Waals surface area contributed by atoms with Crippen LogP contribution in [0.1, 0.15) is 56.8 Å². The van der Waals surface area contributed by atoms with Crippen molar-refractivity contribution in [2.24, 2.45) is 11.7 Å². The largest absolute Gasteiger partial charge is 0.367 e. The van der Waals surface area contributed by atoms with Gasteiger partial charge in [0.1, 0.15) is 5.60 Å². The second-order valence-electron chi connectivity index (χ2n) is 5.36. The van der Waals surface area contributed by atoms with Crippen LogP contribution >= 0.6 is 0 Å². The van der Waals surface area contributed by atoms with Crippen LogP contribution in [0, 0.1) is 5.92 Å². The molecule has 1 saturated carbocycles. The average molecular weight is 237 g/mol. The van der Waals surface area contributed by atoms with Crippen molar-refractivity contribution in [2.45, 2.75) is 50.7 Å². The summed E-state index contributed by atoms with van der Waals surface area (Å²) in [6.07, 6.45) is 5.56. The fourth-order valence-electron chi connectivity index (χ4n) is 2.35. The van der Waals surface area contributed by atoms with E-state index in [9.17, 15) is 0 Å². The van der Waals surface area contributed by atoms with Crippen LogP contribution in [0.15, 0.2) is 4.52 Å². The lowest BCUT2D eigenvalue weighted by Gasteiger charge is -2.30. The van der Waals surface area contributed by atoms with Gasteiger partial charge < -0.3 is 15.0 Å². The molecule has 1 aromatic heterocycles. The predicted octanol–water partition coefficient (Wildman–Crippen LogP) is 1.90. The lowest BCUT2D eigenvalue weighted by molar-refractivity contribution is -0.0770. The lowest BCUT2D eigenvalue weighted by atomic mass is 9.95. The van der Waals surface area contributed by atoms with Crippen LogP contribution in [-0.4, -0.2) is 16.7 Å². The maximum absolute atomic E-state index is 6.05. The molecule has 5 heteroatoms. The fourth-order valence-corrected chi connectivity index (χ4v) is 2.35. The minimum Gasteiger partial charge on any atom is -0.367 e. The minimum absolute atomic E-state index is 0.0940. The predicted molar refractivity (Wildman–Crippen MR) is 61.1 cm³/mol. The molecule has 2 aliphatic rings. The number of rotatable bonds is 3. The van der Waals surface area contributed by atoms with Gasteiger partial charge in [0.15, 0.2) is 0 Å². The number of hydrogen-bond acceptors (Lipinski definition) is 5. The molecule has 2 N–H and O–H groups in total. The van der Waals surface area contributed by atoms with E-state index in [1.54, 1.807) is 0 Å². The Bertz CT molecular complexity index is 394. The summed E-state index contributed by atoms with van der Waals surface area (Å²) in [5, 5.41) is 4.05. The van der Waals surface area contributed by atoms with E-state index in [2.05, 4.69) is 10.1 Å². The molecule has 3 rings (SSSR count). The first-order valence-electron chi connectivity index (χ1n) is 6.43. The molecule has 2 heterocycles. The summed E-state index contributed by atoms with van der Waals surface area (Å²) in [4.78, 5) is 4.44. The van der Waals surface area contributed by atoms with Gasteiger partial charge in [0, 0.05) is 6.61 Å². The molecule has 0 bridgehead atoms. The quantitative estimate of drug-likeness (QED) is 0.869.